The van der Waals surface area contributed by atoms with Gasteiger partial charge in [-0.1, -0.05) is 18.2 Å². The molecule has 0 saturated heterocycles. The lowest BCUT2D eigenvalue weighted by Gasteiger charge is -2.19. The number of carbonyl (C=O) groups excluding carboxylic acids is 2. The quantitative estimate of drug-likeness (QED) is 0.737. The van der Waals surface area contributed by atoms with Crippen molar-refractivity contribution in [2.75, 3.05) is 18.9 Å². The molecule has 0 spiro atoms. The molecule has 0 aliphatic heterocycles. The Morgan fingerprint density at radius 3 is 2.38 bits per heavy atom. The van der Waals surface area contributed by atoms with Gasteiger partial charge in [0.25, 0.3) is 5.91 Å². The first-order valence-electron chi connectivity index (χ1n) is 7.36. The van der Waals surface area contributed by atoms with Crippen molar-refractivity contribution < 1.29 is 14.0 Å². The van der Waals surface area contributed by atoms with Crippen LogP contribution in [0.15, 0.2) is 36.4 Å². The average molecular weight is 440 g/mol. The van der Waals surface area contributed by atoms with Crippen LogP contribution in [-0.4, -0.2) is 30.3 Å². The number of para-hydroxylation sites is 1. The standard InChI is InChI=1S/C18H18FIN2O2/c1-11-5-4-6-12(2)17(11)21-16(23)10-22(3)18(24)14-8-7-13(19)9-15(14)20/h4-9H,10H2,1-3H3,(H,21,23). The second-order valence-corrected chi connectivity index (χ2v) is 6.76. The second kappa shape index (κ2) is 7.74. The first kappa shape index (κ1) is 18.4. The fraction of sp³-hybridized carbons (Fsp3) is 0.222. The SMILES string of the molecule is Cc1cccc(C)c1NC(=O)CN(C)C(=O)c1ccc(F)cc1I. The van der Waals surface area contributed by atoms with E-state index in [1.54, 1.807) is 7.05 Å². The Kier molecular flexibility index (Phi) is 5.93. The average Bonchev–Trinajstić information content (AvgIpc) is 2.50. The van der Waals surface area contributed by atoms with E-state index < -0.39 is 5.82 Å². The van der Waals surface area contributed by atoms with E-state index in [1.807, 2.05) is 54.6 Å². The highest BCUT2D eigenvalue weighted by Gasteiger charge is 2.18. The Morgan fingerprint density at radius 2 is 1.79 bits per heavy atom. The van der Waals surface area contributed by atoms with Crippen LogP contribution in [0, 0.1) is 23.2 Å². The minimum atomic E-state index is -0.397. The summed E-state index contributed by atoms with van der Waals surface area (Å²) in [7, 11) is 1.55. The zero-order chi connectivity index (χ0) is 17.9. The summed E-state index contributed by atoms with van der Waals surface area (Å²) in [6.45, 7) is 3.75. The summed E-state index contributed by atoms with van der Waals surface area (Å²) in [5.41, 5.74) is 3.06. The van der Waals surface area contributed by atoms with E-state index in [9.17, 15) is 14.0 Å². The number of halogens is 2. The van der Waals surface area contributed by atoms with Crippen LogP contribution in [0.2, 0.25) is 0 Å². The van der Waals surface area contributed by atoms with Crippen molar-refractivity contribution in [3.8, 4) is 0 Å². The summed E-state index contributed by atoms with van der Waals surface area (Å²) in [6.07, 6.45) is 0. The van der Waals surface area contributed by atoms with Gasteiger partial charge in [0.2, 0.25) is 5.91 Å². The number of likely N-dealkylation sites (N-methyl/N-ethyl adjacent to an activating group) is 1. The van der Waals surface area contributed by atoms with E-state index in [2.05, 4.69) is 5.32 Å². The third-order valence-corrected chi connectivity index (χ3v) is 4.53. The van der Waals surface area contributed by atoms with Crippen molar-refractivity contribution in [2.45, 2.75) is 13.8 Å². The van der Waals surface area contributed by atoms with Crippen molar-refractivity contribution in [3.63, 3.8) is 0 Å². The van der Waals surface area contributed by atoms with Gasteiger partial charge in [-0.25, -0.2) is 4.39 Å². The minimum absolute atomic E-state index is 0.0833. The van der Waals surface area contributed by atoms with Crippen LogP contribution in [0.5, 0.6) is 0 Å². The highest BCUT2D eigenvalue weighted by molar-refractivity contribution is 14.1. The van der Waals surface area contributed by atoms with E-state index >= 15 is 0 Å². The number of hydrogen-bond acceptors (Lipinski definition) is 2. The molecule has 1 N–H and O–H groups in total. The maximum atomic E-state index is 13.1. The normalized spacial score (nSPS) is 10.4. The van der Waals surface area contributed by atoms with Crippen LogP contribution in [-0.2, 0) is 4.79 Å². The molecule has 0 radical (unpaired) electrons. The van der Waals surface area contributed by atoms with Gasteiger partial charge in [0.15, 0.2) is 0 Å². The van der Waals surface area contributed by atoms with Crippen LogP contribution < -0.4 is 5.32 Å². The maximum Gasteiger partial charge on any atom is 0.255 e. The van der Waals surface area contributed by atoms with Crippen LogP contribution >= 0.6 is 22.6 Å². The predicted octanol–water partition coefficient (Wildman–Crippen LogP) is 3.76. The van der Waals surface area contributed by atoms with Crippen molar-refractivity contribution in [2.24, 2.45) is 0 Å². The van der Waals surface area contributed by atoms with Crippen molar-refractivity contribution in [1.82, 2.24) is 4.90 Å². The van der Waals surface area contributed by atoms with Crippen LogP contribution in [0.4, 0.5) is 10.1 Å². The molecule has 4 nitrogen and oxygen atoms in total. The zero-order valence-corrected chi connectivity index (χ0v) is 15.8. The third-order valence-electron chi connectivity index (χ3n) is 3.63. The van der Waals surface area contributed by atoms with Crippen molar-refractivity contribution >= 4 is 40.1 Å². The number of nitrogens with zero attached hydrogens (tertiary/aromatic N) is 1. The van der Waals surface area contributed by atoms with E-state index in [0.717, 1.165) is 16.8 Å². The molecule has 0 atom stereocenters. The van der Waals surface area contributed by atoms with Gasteiger partial charge in [0.05, 0.1) is 12.1 Å². The Bertz CT molecular complexity index is 772. The van der Waals surface area contributed by atoms with E-state index in [1.165, 1.54) is 23.1 Å². The first-order valence-corrected chi connectivity index (χ1v) is 8.44. The number of hydrogen-bond donors (Lipinski definition) is 1. The van der Waals surface area contributed by atoms with Crippen LogP contribution in [0.1, 0.15) is 21.5 Å². The molecule has 0 heterocycles. The summed E-state index contributed by atoms with van der Waals surface area (Å²) in [5.74, 6) is -0.997. The molecule has 0 aliphatic carbocycles. The molecule has 0 aromatic heterocycles. The van der Waals surface area contributed by atoms with Crippen molar-refractivity contribution in [1.29, 1.82) is 0 Å². The summed E-state index contributed by atoms with van der Waals surface area (Å²) < 4.78 is 13.7. The highest BCUT2D eigenvalue weighted by Crippen LogP contribution is 2.19. The number of carbonyl (C=O) groups is 2. The molecule has 0 unspecified atom stereocenters. The summed E-state index contributed by atoms with van der Waals surface area (Å²) in [5, 5.41) is 2.84. The minimum Gasteiger partial charge on any atom is -0.332 e. The Labute approximate surface area is 154 Å². The van der Waals surface area contributed by atoms with E-state index in [4.69, 9.17) is 0 Å². The van der Waals surface area contributed by atoms with E-state index in [-0.39, 0.29) is 18.4 Å². The smallest absolute Gasteiger partial charge is 0.255 e. The van der Waals surface area contributed by atoms with Gasteiger partial charge in [-0.2, -0.15) is 0 Å². The molecule has 24 heavy (non-hydrogen) atoms. The first-order chi connectivity index (χ1) is 11.3. The largest absolute Gasteiger partial charge is 0.332 e. The molecule has 2 amide bonds. The summed E-state index contributed by atoms with van der Waals surface area (Å²) >= 11 is 1.91. The van der Waals surface area contributed by atoms with Gasteiger partial charge in [-0.3, -0.25) is 9.59 Å². The van der Waals surface area contributed by atoms with Gasteiger partial charge >= 0.3 is 0 Å². The second-order valence-electron chi connectivity index (χ2n) is 5.60. The molecular formula is C18H18FIN2O2. The molecular weight excluding hydrogens is 422 g/mol. The lowest BCUT2D eigenvalue weighted by Crippen LogP contribution is -2.35. The van der Waals surface area contributed by atoms with Crippen LogP contribution in [0.3, 0.4) is 0 Å². The Morgan fingerprint density at radius 1 is 1.17 bits per heavy atom. The third kappa shape index (κ3) is 4.31. The molecule has 2 aromatic rings. The van der Waals surface area contributed by atoms with Crippen LogP contribution in [0.25, 0.3) is 0 Å². The fourth-order valence-electron chi connectivity index (χ4n) is 2.35. The molecule has 0 fully saturated rings. The Balaban J connectivity index is 2.07. The van der Waals surface area contributed by atoms with Gasteiger partial charge in [-0.05, 0) is 65.8 Å². The number of benzene rings is 2. The number of anilines is 1. The molecule has 2 aromatic carbocycles. The Hall–Kier alpha value is -1.96. The summed E-state index contributed by atoms with van der Waals surface area (Å²) in [4.78, 5) is 26.0. The van der Waals surface area contributed by atoms with Gasteiger partial charge in [-0.15, -0.1) is 0 Å². The van der Waals surface area contributed by atoms with Gasteiger partial charge in [0, 0.05) is 16.3 Å². The number of amides is 2. The van der Waals surface area contributed by atoms with Gasteiger partial charge in [0.1, 0.15) is 5.82 Å². The lowest BCUT2D eigenvalue weighted by atomic mass is 10.1. The molecule has 6 heteroatoms. The van der Waals surface area contributed by atoms with Crippen molar-refractivity contribution in [3.05, 3.63) is 62.5 Å². The molecule has 0 aliphatic rings. The molecule has 2 rings (SSSR count). The predicted molar refractivity (Wildman–Crippen MR) is 101 cm³/mol. The van der Waals surface area contributed by atoms with Gasteiger partial charge < -0.3 is 10.2 Å². The highest BCUT2D eigenvalue weighted by atomic mass is 127. The molecule has 0 saturated carbocycles. The number of rotatable bonds is 4. The molecule has 126 valence electrons. The summed E-state index contributed by atoms with van der Waals surface area (Å²) in [6, 6.07) is 9.71. The van der Waals surface area contributed by atoms with E-state index in [0.29, 0.717) is 9.13 Å². The lowest BCUT2D eigenvalue weighted by molar-refractivity contribution is -0.116. The zero-order valence-electron chi connectivity index (χ0n) is 13.7. The number of aryl methyl sites for hydroxylation is 2. The monoisotopic (exact) mass is 440 g/mol. The fourth-order valence-corrected chi connectivity index (χ4v) is 3.05. The topological polar surface area (TPSA) is 49.4 Å². The number of nitrogens with one attached hydrogen (secondary N) is 1. The maximum absolute atomic E-state index is 13.1. The molecule has 0 bridgehead atoms.